The van der Waals surface area contributed by atoms with Crippen LogP contribution in [0.1, 0.15) is 52.4 Å². The monoisotopic (exact) mass is 506 g/mol. The van der Waals surface area contributed by atoms with Gasteiger partial charge in [0, 0.05) is 18.7 Å². The molecule has 3 amide bonds. The van der Waals surface area contributed by atoms with Gasteiger partial charge in [0.25, 0.3) is 5.91 Å². The molecule has 0 radical (unpaired) electrons. The van der Waals surface area contributed by atoms with Gasteiger partial charge in [-0.15, -0.1) is 0 Å². The van der Waals surface area contributed by atoms with Crippen molar-refractivity contribution in [2.75, 3.05) is 19.6 Å². The Kier molecular flexibility index (Phi) is 10.9. The SMILES string of the molecule is CCNC(=O)C(CCCNCc1ccc(C)cc1C)NC(=O)CNC(=O)c1cccc(C(F)(F)F)c1. The van der Waals surface area contributed by atoms with Crippen LogP contribution >= 0.6 is 0 Å². The van der Waals surface area contributed by atoms with E-state index in [0.29, 0.717) is 32.5 Å². The standard InChI is InChI=1S/C26H33F3N4O3/c1-4-31-25(36)22(9-6-12-30-15-20-11-10-17(2)13-18(20)3)33-23(34)16-32-24(35)19-7-5-8-21(14-19)26(27,28)29/h5,7-8,10-11,13-14,22,30H,4,6,9,12,15-16H2,1-3H3,(H,31,36)(H,32,35)(H,33,34). The topological polar surface area (TPSA) is 99.3 Å². The van der Waals surface area contributed by atoms with E-state index in [0.717, 1.165) is 18.2 Å². The highest BCUT2D eigenvalue weighted by atomic mass is 19.4. The number of aryl methyl sites for hydroxylation is 2. The fourth-order valence-corrected chi connectivity index (χ4v) is 3.61. The van der Waals surface area contributed by atoms with E-state index in [1.54, 1.807) is 6.92 Å². The van der Waals surface area contributed by atoms with Crippen molar-refractivity contribution in [1.82, 2.24) is 21.3 Å². The summed E-state index contributed by atoms with van der Waals surface area (Å²) in [6.45, 7) is 7.08. The molecule has 2 aromatic rings. The van der Waals surface area contributed by atoms with Crippen LogP contribution in [0.15, 0.2) is 42.5 Å². The number of amides is 3. The Balaban J connectivity index is 1.84. The molecule has 196 valence electrons. The Morgan fingerprint density at radius 2 is 1.75 bits per heavy atom. The number of hydrogen-bond acceptors (Lipinski definition) is 4. The van der Waals surface area contributed by atoms with Gasteiger partial charge in [0.15, 0.2) is 0 Å². The number of carbonyl (C=O) groups is 3. The second kappa shape index (κ2) is 13.6. The van der Waals surface area contributed by atoms with E-state index in [1.807, 2.05) is 6.92 Å². The minimum atomic E-state index is -4.58. The molecule has 0 aliphatic rings. The van der Waals surface area contributed by atoms with Crippen LogP contribution in [0.5, 0.6) is 0 Å². The van der Waals surface area contributed by atoms with Gasteiger partial charge in [0.1, 0.15) is 6.04 Å². The summed E-state index contributed by atoms with van der Waals surface area (Å²) in [6.07, 6.45) is -3.59. The first-order valence-electron chi connectivity index (χ1n) is 11.8. The number of alkyl halides is 3. The van der Waals surface area contributed by atoms with Crippen LogP contribution in [-0.4, -0.2) is 43.4 Å². The van der Waals surface area contributed by atoms with Crippen LogP contribution < -0.4 is 21.3 Å². The predicted molar refractivity (Wildman–Crippen MR) is 131 cm³/mol. The van der Waals surface area contributed by atoms with Gasteiger partial charge in [-0.1, -0.05) is 29.8 Å². The Morgan fingerprint density at radius 1 is 1.00 bits per heavy atom. The molecule has 7 nitrogen and oxygen atoms in total. The molecule has 1 unspecified atom stereocenters. The van der Waals surface area contributed by atoms with Gasteiger partial charge in [0.05, 0.1) is 12.1 Å². The first kappa shape index (κ1) is 28.8. The van der Waals surface area contributed by atoms with Crippen LogP contribution in [0.2, 0.25) is 0 Å². The van der Waals surface area contributed by atoms with Gasteiger partial charge in [-0.3, -0.25) is 14.4 Å². The number of likely N-dealkylation sites (N-methyl/N-ethyl adjacent to an activating group) is 1. The number of carbonyl (C=O) groups excluding carboxylic acids is 3. The summed E-state index contributed by atoms with van der Waals surface area (Å²) in [5.74, 6) is -1.78. The molecule has 0 aliphatic heterocycles. The van der Waals surface area contributed by atoms with Gasteiger partial charge in [-0.2, -0.15) is 13.2 Å². The van der Waals surface area contributed by atoms with Crippen LogP contribution in [-0.2, 0) is 22.3 Å². The van der Waals surface area contributed by atoms with E-state index in [-0.39, 0.29) is 11.5 Å². The minimum absolute atomic E-state index is 0.215. The molecule has 4 N–H and O–H groups in total. The zero-order chi connectivity index (χ0) is 26.7. The van der Waals surface area contributed by atoms with Crippen molar-refractivity contribution in [3.8, 4) is 0 Å². The van der Waals surface area contributed by atoms with Crippen LogP contribution in [0.25, 0.3) is 0 Å². The molecule has 10 heteroatoms. The molecule has 1 atom stereocenters. The van der Waals surface area contributed by atoms with E-state index >= 15 is 0 Å². The summed E-state index contributed by atoms with van der Waals surface area (Å²) in [7, 11) is 0. The first-order chi connectivity index (χ1) is 17.0. The average molecular weight is 507 g/mol. The summed E-state index contributed by atoms with van der Waals surface area (Å²) < 4.78 is 38.6. The molecule has 36 heavy (non-hydrogen) atoms. The maximum atomic E-state index is 12.9. The normalized spacial score (nSPS) is 12.1. The third-order valence-corrected chi connectivity index (χ3v) is 5.52. The van der Waals surface area contributed by atoms with Crippen molar-refractivity contribution in [3.63, 3.8) is 0 Å². The molecule has 2 aromatic carbocycles. The Morgan fingerprint density at radius 3 is 2.42 bits per heavy atom. The van der Waals surface area contributed by atoms with Gasteiger partial charge >= 0.3 is 6.18 Å². The van der Waals surface area contributed by atoms with Gasteiger partial charge in [-0.05, 0) is 69.5 Å². The molecular formula is C26H33F3N4O3. The highest BCUT2D eigenvalue weighted by molar-refractivity contribution is 5.97. The summed E-state index contributed by atoms with van der Waals surface area (Å²) in [5.41, 5.74) is 2.41. The smallest absolute Gasteiger partial charge is 0.355 e. The van der Waals surface area contributed by atoms with Crippen molar-refractivity contribution >= 4 is 17.7 Å². The number of benzene rings is 2. The van der Waals surface area contributed by atoms with Crippen molar-refractivity contribution < 1.29 is 27.6 Å². The summed E-state index contributed by atoms with van der Waals surface area (Å²) >= 11 is 0. The molecule has 2 rings (SSSR count). The molecule has 0 saturated carbocycles. The van der Waals surface area contributed by atoms with E-state index in [2.05, 4.69) is 46.4 Å². The van der Waals surface area contributed by atoms with Crippen LogP contribution in [0.3, 0.4) is 0 Å². The van der Waals surface area contributed by atoms with Crippen molar-refractivity contribution in [3.05, 3.63) is 70.3 Å². The zero-order valence-corrected chi connectivity index (χ0v) is 20.7. The lowest BCUT2D eigenvalue weighted by molar-refractivity contribution is -0.137. The van der Waals surface area contributed by atoms with E-state index in [1.165, 1.54) is 22.8 Å². The van der Waals surface area contributed by atoms with Crippen molar-refractivity contribution in [1.29, 1.82) is 0 Å². The van der Waals surface area contributed by atoms with Crippen molar-refractivity contribution in [2.24, 2.45) is 0 Å². The summed E-state index contributed by atoms with van der Waals surface area (Å²) in [4.78, 5) is 37.0. The number of nitrogens with one attached hydrogen (secondary N) is 4. The average Bonchev–Trinajstić information content (AvgIpc) is 2.82. The first-order valence-corrected chi connectivity index (χ1v) is 11.8. The number of rotatable bonds is 12. The molecule has 0 saturated heterocycles. The third kappa shape index (κ3) is 9.33. The van der Waals surface area contributed by atoms with E-state index < -0.39 is 36.1 Å². The van der Waals surface area contributed by atoms with Crippen molar-refractivity contribution in [2.45, 2.75) is 52.4 Å². The minimum Gasteiger partial charge on any atom is -0.355 e. The zero-order valence-electron chi connectivity index (χ0n) is 20.7. The molecular weight excluding hydrogens is 473 g/mol. The Hall–Kier alpha value is -3.40. The number of halogens is 3. The summed E-state index contributed by atoms with van der Waals surface area (Å²) in [5, 5.41) is 10.9. The maximum Gasteiger partial charge on any atom is 0.416 e. The highest BCUT2D eigenvalue weighted by Gasteiger charge is 2.31. The fourth-order valence-electron chi connectivity index (χ4n) is 3.61. The lowest BCUT2D eigenvalue weighted by Gasteiger charge is -2.18. The lowest BCUT2D eigenvalue weighted by atomic mass is 10.1. The van der Waals surface area contributed by atoms with E-state index in [4.69, 9.17) is 0 Å². The molecule has 0 heterocycles. The van der Waals surface area contributed by atoms with Gasteiger partial charge < -0.3 is 21.3 Å². The fraction of sp³-hybridized carbons (Fsp3) is 0.423. The molecule has 0 spiro atoms. The third-order valence-electron chi connectivity index (χ3n) is 5.52. The molecule has 0 aromatic heterocycles. The van der Waals surface area contributed by atoms with Crippen LogP contribution in [0, 0.1) is 13.8 Å². The lowest BCUT2D eigenvalue weighted by Crippen LogP contribution is -2.49. The van der Waals surface area contributed by atoms with Gasteiger partial charge in [0.2, 0.25) is 11.8 Å². The van der Waals surface area contributed by atoms with Gasteiger partial charge in [-0.25, -0.2) is 0 Å². The summed E-state index contributed by atoms with van der Waals surface area (Å²) in [6, 6.07) is 9.36. The number of hydrogen-bond donors (Lipinski definition) is 4. The Bertz CT molecular complexity index is 1060. The highest BCUT2D eigenvalue weighted by Crippen LogP contribution is 2.29. The quantitative estimate of drug-likeness (QED) is 0.332. The maximum absolute atomic E-state index is 12.9. The van der Waals surface area contributed by atoms with Crippen LogP contribution in [0.4, 0.5) is 13.2 Å². The van der Waals surface area contributed by atoms with E-state index in [9.17, 15) is 27.6 Å². The molecule has 0 fully saturated rings. The predicted octanol–water partition coefficient (Wildman–Crippen LogP) is 3.24. The molecule has 0 aliphatic carbocycles. The largest absolute Gasteiger partial charge is 0.416 e. The Labute approximate surface area is 209 Å². The molecule has 0 bridgehead atoms. The second-order valence-electron chi connectivity index (χ2n) is 8.52. The second-order valence-corrected chi connectivity index (χ2v) is 8.52.